The van der Waals surface area contributed by atoms with E-state index in [4.69, 9.17) is 4.74 Å². The van der Waals surface area contributed by atoms with Gasteiger partial charge in [0.15, 0.2) is 0 Å². The first-order valence-electron chi connectivity index (χ1n) is 6.58. The summed E-state index contributed by atoms with van der Waals surface area (Å²) < 4.78 is 5.70. The van der Waals surface area contributed by atoms with Gasteiger partial charge in [-0.05, 0) is 19.8 Å². The number of likely N-dealkylation sites (tertiary alicyclic amines) is 1. The van der Waals surface area contributed by atoms with E-state index in [1.807, 2.05) is 0 Å². The molecule has 0 radical (unpaired) electrons. The molecule has 0 aromatic heterocycles. The summed E-state index contributed by atoms with van der Waals surface area (Å²) >= 11 is 0. The van der Waals surface area contributed by atoms with Gasteiger partial charge in [0.05, 0.1) is 6.10 Å². The van der Waals surface area contributed by atoms with Crippen LogP contribution in [0.5, 0.6) is 0 Å². The van der Waals surface area contributed by atoms with Crippen LogP contribution in [0.2, 0.25) is 0 Å². The highest BCUT2D eigenvalue weighted by Crippen LogP contribution is 2.08. The van der Waals surface area contributed by atoms with Crippen LogP contribution in [0.25, 0.3) is 0 Å². The van der Waals surface area contributed by atoms with Crippen LogP contribution in [-0.2, 0) is 9.53 Å². The van der Waals surface area contributed by atoms with Crippen molar-refractivity contribution in [2.75, 3.05) is 26.2 Å². The first-order valence-corrected chi connectivity index (χ1v) is 6.58. The molecule has 0 N–H and O–H groups in total. The zero-order chi connectivity index (χ0) is 11.8. The quantitative estimate of drug-likeness (QED) is 0.625. The van der Waals surface area contributed by atoms with E-state index in [0.29, 0.717) is 11.9 Å². The second-order valence-electron chi connectivity index (χ2n) is 4.70. The maximum Gasteiger partial charge on any atom is 0.135 e. The van der Waals surface area contributed by atoms with E-state index in [1.54, 1.807) is 0 Å². The molecule has 16 heavy (non-hydrogen) atoms. The number of carbonyl (C=O) groups is 1. The first-order chi connectivity index (χ1) is 7.72. The number of carbonyl (C=O) groups excluding carboxylic acids is 1. The Morgan fingerprint density at radius 2 is 2.06 bits per heavy atom. The van der Waals surface area contributed by atoms with Crippen LogP contribution in [-0.4, -0.2) is 43.0 Å². The molecule has 0 aliphatic carbocycles. The molecule has 1 rings (SSSR count). The Kier molecular flexibility index (Phi) is 6.65. The largest absolute Gasteiger partial charge is 0.378 e. The lowest BCUT2D eigenvalue weighted by molar-refractivity contribution is -0.121. The molecule has 1 aliphatic rings. The number of ketones is 1. The van der Waals surface area contributed by atoms with Crippen LogP contribution >= 0.6 is 0 Å². The van der Waals surface area contributed by atoms with Crippen molar-refractivity contribution in [1.29, 1.82) is 0 Å². The predicted octanol–water partition coefficient (Wildman–Crippen LogP) is 2.25. The third-order valence-corrected chi connectivity index (χ3v) is 3.17. The third kappa shape index (κ3) is 5.61. The average Bonchev–Trinajstić information content (AvgIpc) is 2.29. The Bertz CT molecular complexity index is 196. The van der Waals surface area contributed by atoms with Crippen molar-refractivity contribution in [3.63, 3.8) is 0 Å². The number of ether oxygens (including phenoxy) is 1. The van der Waals surface area contributed by atoms with Crippen LogP contribution in [0.1, 0.15) is 46.0 Å². The normalized spacial score (nSPS) is 20.0. The molecule has 94 valence electrons. The summed E-state index contributed by atoms with van der Waals surface area (Å²) in [7, 11) is 0. The Balaban J connectivity index is 2.02. The van der Waals surface area contributed by atoms with E-state index in [1.165, 1.54) is 6.42 Å². The lowest BCUT2D eigenvalue weighted by Gasteiger charge is -2.26. The van der Waals surface area contributed by atoms with Crippen molar-refractivity contribution in [2.24, 2.45) is 0 Å². The fraction of sp³-hybridized carbons (Fsp3) is 0.923. The lowest BCUT2D eigenvalue weighted by atomic mass is 10.1. The van der Waals surface area contributed by atoms with Gasteiger partial charge >= 0.3 is 0 Å². The summed E-state index contributed by atoms with van der Waals surface area (Å²) in [4.78, 5) is 13.4. The monoisotopic (exact) mass is 227 g/mol. The summed E-state index contributed by atoms with van der Waals surface area (Å²) in [6, 6.07) is 0. The van der Waals surface area contributed by atoms with E-state index in [-0.39, 0.29) is 0 Å². The van der Waals surface area contributed by atoms with E-state index < -0.39 is 0 Å². The van der Waals surface area contributed by atoms with E-state index >= 15 is 0 Å². The van der Waals surface area contributed by atoms with Crippen molar-refractivity contribution in [2.45, 2.75) is 52.1 Å². The molecule has 0 bridgehead atoms. The number of Topliss-reactive ketones (excluding diaryl/α,β-unsaturated/α-hetero) is 1. The van der Waals surface area contributed by atoms with Crippen LogP contribution in [0.15, 0.2) is 0 Å². The highest BCUT2D eigenvalue weighted by Gasteiger charge is 2.16. The topological polar surface area (TPSA) is 29.5 Å². The summed E-state index contributed by atoms with van der Waals surface area (Å²) in [5.41, 5.74) is 0. The van der Waals surface area contributed by atoms with Gasteiger partial charge in [0, 0.05) is 39.1 Å². The molecule has 1 saturated heterocycles. The minimum absolute atomic E-state index is 0.351. The molecule has 1 fully saturated rings. The maximum atomic E-state index is 11.1. The molecule has 1 aliphatic heterocycles. The van der Waals surface area contributed by atoms with Gasteiger partial charge in [0.1, 0.15) is 5.78 Å². The van der Waals surface area contributed by atoms with Gasteiger partial charge in [0.2, 0.25) is 0 Å². The fourth-order valence-electron chi connectivity index (χ4n) is 1.90. The fourth-order valence-corrected chi connectivity index (χ4v) is 1.90. The minimum Gasteiger partial charge on any atom is -0.378 e. The second kappa shape index (κ2) is 7.80. The first kappa shape index (κ1) is 13.7. The van der Waals surface area contributed by atoms with Crippen molar-refractivity contribution < 1.29 is 9.53 Å². The molecular weight excluding hydrogens is 202 g/mol. The van der Waals surface area contributed by atoms with Crippen LogP contribution < -0.4 is 0 Å². The predicted molar refractivity (Wildman–Crippen MR) is 65.6 cm³/mol. The molecule has 0 spiro atoms. The van der Waals surface area contributed by atoms with Crippen LogP contribution in [0.4, 0.5) is 0 Å². The number of piperidine rings is 1. The van der Waals surface area contributed by atoms with E-state index in [2.05, 4.69) is 18.7 Å². The standard InChI is InChI=1S/C13H25NO2/c1-3-4-11-16-12(2)5-8-14-9-6-13(15)7-10-14/h12H,3-11H2,1-2H3. The zero-order valence-electron chi connectivity index (χ0n) is 10.7. The van der Waals surface area contributed by atoms with Crippen LogP contribution in [0.3, 0.4) is 0 Å². The molecule has 1 unspecified atom stereocenters. The maximum absolute atomic E-state index is 11.1. The van der Waals surface area contributed by atoms with Gasteiger partial charge in [-0.15, -0.1) is 0 Å². The number of hydrogen-bond donors (Lipinski definition) is 0. The van der Waals surface area contributed by atoms with Gasteiger partial charge in [-0.2, -0.15) is 0 Å². The van der Waals surface area contributed by atoms with Crippen molar-refractivity contribution >= 4 is 5.78 Å². The van der Waals surface area contributed by atoms with Crippen molar-refractivity contribution in [3.8, 4) is 0 Å². The SMILES string of the molecule is CCCCOC(C)CCN1CCC(=O)CC1. The number of unbranched alkanes of at least 4 members (excludes halogenated alkanes) is 1. The molecule has 0 saturated carbocycles. The average molecular weight is 227 g/mol. The third-order valence-electron chi connectivity index (χ3n) is 3.17. The summed E-state index contributed by atoms with van der Waals surface area (Å²) in [5.74, 6) is 0.420. The molecule has 0 aromatic rings. The van der Waals surface area contributed by atoms with Gasteiger partial charge in [-0.3, -0.25) is 4.79 Å². The smallest absolute Gasteiger partial charge is 0.135 e. The molecule has 0 aromatic carbocycles. The Morgan fingerprint density at radius 3 is 2.69 bits per heavy atom. The highest BCUT2D eigenvalue weighted by atomic mass is 16.5. The second-order valence-corrected chi connectivity index (χ2v) is 4.70. The van der Waals surface area contributed by atoms with Gasteiger partial charge in [-0.1, -0.05) is 13.3 Å². The number of rotatable bonds is 7. The molecule has 1 atom stereocenters. The number of hydrogen-bond acceptors (Lipinski definition) is 3. The van der Waals surface area contributed by atoms with Gasteiger partial charge < -0.3 is 9.64 Å². The Hall–Kier alpha value is -0.410. The zero-order valence-corrected chi connectivity index (χ0v) is 10.7. The molecule has 1 heterocycles. The van der Waals surface area contributed by atoms with Gasteiger partial charge in [0.25, 0.3) is 0 Å². The highest BCUT2D eigenvalue weighted by molar-refractivity contribution is 5.79. The lowest BCUT2D eigenvalue weighted by Crippen LogP contribution is -2.35. The summed E-state index contributed by atoms with van der Waals surface area (Å²) in [6.45, 7) is 8.17. The van der Waals surface area contributed by atoms with Crippen molar-refractivity contribution in [3.05, 3.63) is 0 Å². The molecule has 3 heteroatoms. The van der Waals surface area contributed by atoms with Crippen molar-refractivity contribution in [1.82, 2.24) is 4.90 Å². The molecular formula is C13H25NO2. The van der Waals surface area contributed by atoms with Crippen LogP contribution in [0, 0.1) is 0 Å². The summed E-state index contributed by atoms with van der Waals surface area (Å²) in [6.07, 6.45) is 5.27. The Labute approximate surface area is 99.1 Å². The minimum atomic E-state index is 0.351. The molecule has 3 nitrogen and oxygen atoms in total. The van der Waals surface area contributed by atoms with E-state index in [0.717, 1.165) is 51.9 Å². The van der Waals surface area contributed by atoms with Gasteiger partial charge in [-0.25, -0.2) is 0 Å². The molecule has 0 amide bonds. The Morgan fingerprint density at radius 1 is 1.38 bits per heavy atom. The number of nitrogens with zero attached hydrogens (tertiary/aromatic N) is 1. The van der Waals surface area contributed by atoms with E-state index in [9.17, 15) is 4.79 Å². The summed E-state index contributed by atoms with van der Waals surface area (Å²) in [5, 5.41) is 0.